The molecule has 0 spiro atoms. The molecule has 1 aromatic rings. The van der Waals surface area contributed by atoms with Crippen LogP contribution in [-0.2, 0) is 17.9 Å². The fourth-order valence-corrected chi connectivity index (χ4v) is 1.59. The van der Waals surface area contributed by atoms with Crippen molar-refractivity contribution in [3.63, 3.8) is 0 Å². The van der Waals surface area contributed by atoms with Gasteiger partial charge >= 0.3 is 0 Å². The molecule has 0 unspecified atom stereocenters. The molecule has 0 aliphatic carbocycles. The summed E-state index contributed by atoms with van der Waals surface area (Å²) < 4.78 is 0. The Morgan fingerprint density at radius 1 is 1.47 bits per heavy atom. The van der Waals surface area contributed by atoms with E-state index in [1.165, 1.54) is 19.0 Å². The van der Waals surface area contributed by atoms with E-state index >= 15 is 0 Å². The maximum atomic E-state index is 10.9. The average Bonchev–Trinajstić information content (AvgIpc) is 2.25. The summed E-state index contributed by atoms with van der Waals surface area (Å²) in [6, 6.07) is 7.99. The molecule has 0 amide bonds. The standard InChI is InChI=1S/C11H14B3N2O/c1-9(17)7-16(13)8-11-4-2-3-10(5-11)6-15-14-12/h2-5,15H,6-8H2,1H3. The zero-order valence-electron chi connectivity index (χ0n) is 10.0. The van der Waals surface area contributed by atoms with Crippen molar-refractivity contribution in [1.82, 2.24) is 10.0 Å². The van der Waals surface area contributed by atoms with Gasteiger partial charge in [-0.1, -0.05) is 24.3 Å². The van der Waals surface area contributed by atoms with Crippen molar-refractivity contribution in [2.24, 2.45) is 0 Å². The summed E-state index contributed by atoms with van der Waals surface area (Å²) in [5, 5.41) is 2.93. The Labute approximate surface area is 106 Å². The van der Waals surface area contributed by atoms with Gasteiger partial charge in [0.25, 0.3) is 0 Å². The minimum atomic E-state index is 0.0584. The molecule has 1 aromatic carbocycles. The van der Waals surface area contributed by atoms with Crippen LogP contribution in [0.25, 0.3) is 0 Å². The molecule has 0 saturated carbocycles. The number of ketones is 1. The molecule has 0 fully saturated rings. The molecule has 0 atom stereocenters. The zero-order chi connectivity index (χ0) is 12.7. The first kappa shape index (κ1) is 14.1. The Morgan fingerprint density at radius 2 is 2.18 bits per heavy atom. The van der Waals surface area contributed by atoms with Gasteiger partial charge in [-0.3, -0.25) is 4.79 Å². The summed E-state index contributed by atoms with van der Waals surface area (Å²) in [6.45, 7) is 3.03. The summed E-state index contributed by atoms with van der Waals surface area (Å²) in [4.78, 5) is 12.4. The molecular formula is C11H14B3N2O. The van der Waals surface area contributed by atoms with Crippen LogP contribution in [-0.4, -0.2) is 40.2 Å². The lowest BCUT2D eigenvalue weighted by molar-refractivity contribution is -0.117. The van der Waals surface area contributed by atoms with Crippen LogP contribution >= 0.6 is 0 Å². The maximum Gasteiger partial charge on any atom is 0.183 e. The van der Waals surface area contributed by atoms with E-state index in [2.05, 4.69) is 5.23 Å². The second kappa shape index (κ2) is 7.35. The molecule has 0 aromatic heterocycles. The molecular weight excluding hydrogens is 209 g/mol. The van der Waals surface area contributed by atoms with E-state index in [0.29, 0.717) is 13.1 Å². The molecule has 3 nitrogen and oxygen atoms in total. The lowest BCUT2D eigenvalue weighted by atomic mass is 9.67. The van der Waals surface area contributed by atoms with Gasteiger partial charge in [-0.2, -0.15) is 0 Å². The van der Waals surface area contributed by atoms with Gasteiger partial charge < -0.3 is 10.0 Å². The van der Waals surface area contributed by atoms with Crippen LogP contribution in [0.4, 0.5) is 0 Å². The van der Waals surface area contributed by atoms with Crippen LogP contribution in [0.2, 0.25) is 0 Å². The van der Waals surface area contributed by atoms with Crippen LogP contribution < -0.4 is 5.23 Å². The second-order valence-electron chi connectivity index (χ2n) is 3.97. The zero-order valence-corrected chi connectivity index (χ0v) is 10.0. The van der Waals surface area contributed by atoms with Gasteiger partial charge in [0.1, 0.15) is 13.1 Å². The Kier molecular flexibility index (Phi) is 6.09. The third kappa shape index (κ3) is 5.75. The number of nitrogens with one attached hydrogen (secondary N) is 1. The first-order valence-electron chi connectivity index (χ1n) is 5.45. The smallest absolute Gasteiger partial charge is 0.183 e. The highest BCUT2D eigenvalue weighted by atomic mass is 16.1. The van der Waals surface area contributed by atoms with Crippen LogP contribution in [0.3, 0.4) is 0 Å². The monoisotopic (exact) mass is 223 g/mol. The summed E-state index contributed by atoms with van der Waals surface area (Å²) in [6.07, 6.45) is 0. The first-order chi connectivity index (χ1) is 8.11. The van der Waals surface area contributed by atoms with Crippen LogP contribution in [0.15, 0.2) is 24.3 Å². The SMILES string of the molecule is [B][B]NCc1cccc(CN([B])CC(C)=O)c1. The van der Waals surface area contributed by atoms with E-state index in [0.717, 1.165) is 11.1 Å². The molecule has 1 N–H and O–H groups in total. The highest BCUT2D eigenvalue weighted by Gasteiger charge is 2.03. The van der Waals surface area contributed by atoms with Gasteiger partial charge in [0.05, 0.1) is 0 Å². The third-order valence-electron chi connectivity index (χ3n) is 2.23. The minimum absolute atomic E-state index is 0.0584. The molecule has 5 radical (unpaired) electrons. The normalized spacial score (nSPS) is 10.5. The topological polar surface area (TPSA) is 32.3 Å². The van der Waals surface area contributed by atoms with E-state index in [-0.39, 0.29) is 12.3 Å². The Balaban J connectivity index is 2.55. The van der Waals surface area contributed by atoms with Crippen LogP contribution in [0, 0.1) is 0 Å². The Hall–Kier alpha value is -0.995. The number of benzene rings is 1. The molecule has 0 heterocycles. The predicted octanol–water partition coefficient (Wildman–Crippen LogP) is -0.0466. The van der Waals surface area contributed by atoms with Crippen molar-refractivity contribution < 1.29 is 4.79 Å². The van der Waals surface area contributed by atoms with Gasteiger partial charge in [0.15, 0.2) is 7.98 Å². The number of hydrogen-bond donors (Lipinski definition) is 1. The van der Waals surface area contributed by atoms with E-state index in [9.17, 15) is 4.79 Å². The molecule has 0 saturated heterocycles. The van der Waals surface area contributed by atoms with Crippen molar-refractivity contribution in [3.05, 3.63) is 35.4 Å². The van der Waals surface area contributed by atoms with Crippen LogP contribution in [0.1, 0.15) is 18.1 Å². The molecule has 0 aliphatic heterocycles. The van der Waals surface area contributed by atoms with Crippen LogP contribution in [0.5, 0.6) is 0 Å². The number of nitrogens with zero attached hydrogens (tertiary/aromatic N) is 1. The third-order valence-corrected chi connectivity index (χ3v) is 2.23. The first-order valence-corrected chi connectivity index (χ1v) is 5.45. The largest absolute Gasteiger partial charge is 0.365 e. The lowest BCUT2D eigenvalue weighted by Gasteiger charge is -2.16. The van der Waals surface area contributed by atoms with Gasteiger partial charge in [0.2, 0.25) is 0 Å². The van der Waals surface area contributed by atoms with E-state index in [1.54, 1.807) is 0 Å². The predicted molar refractivity (Wildman–Crippen MR) is 71.6 cm³/mol. The summed E-state index contributed by atoms with van der Waals surface area (Å²) in [5.74, 6) is 0.0584. The minimum Gasteiger partial charge on any atom is -0.365 e. The highest BCUT2D eigenvalue weighted by Crippen LogP contribution is 2.07. The van der Waals surface area contributed by atoms with Gasteiger partial charge in [0, 0.05) is 27.4 Å². The molecule has 83 valence electrons. The van der Waals surface area contributed by atoms with E-state index in [4.69, 9.17) is 15.7 Å². The highest BCUT2D eigenvalue weighted by molar-refractivity contribution is 6.87. The Bertz CT molecular complexity index is 373. The number of rotatable bonds is 7. The van der Waals surface area contributed by atoms with Crippen molar-refractivity contribution in [2.75, 3.05) is 6.54 Å². The van der Waals surface area contributed by atoms with Crippen molar-refractivity contribution in [2.45, 2.75) is 20.0 Å². The number of hydrogen-bond acceptors (Lipinski definition) is 3. The fourth-order valence-electron chi connectivity index (χ4n) is 1.59. The summed E-state index contributed by atoms with van der Waals surface area (Å²) in [5.41, 5.74) is 2.20. The number of Topliss-reactive ketones (excluding diaryl/α,β-unsaturated/α-hetero) is 1. The van der Waals surface area contributed by atoms with Crippen molar-refractivity contribution in [3.8, 4) is 0 Å². The fraction of sp³-hybridized carbons (Fsp3) is 0.364. The number of carbonyl (C=O) groups excluding carboxylic acids is 1. The van der Waals surface area contributed by atoms with Gasteiger partial charge in [-0.25, -0.2) is 0 Å². The van der Waals surface area contributed by atoms with E-state index < -0.39 is 0 Å². The van der Waals surface area contributed by atoms with Gasteiger partial charge in [-0.05, 0) is 18.1 Å². The molecule has 6 heteroatoms. The summed E-state index contributed by atoms with van der Waals surface area (Å²) in [7, 11) is 12.4. The quantitative estimate of drug-likeness (QED) is 0.657. The molecule has 0 aliphatic rings. The van der Waals surface area contributed by atoms with Crippen molar-refractivity contribution >= 4 is 28.8 Å². The molecule has 1 rings (SSSR count). The van der Waals surface area contributed by atoms with E-state index in [1.807, 2.05) is 24.3 Å². The Morgan fingerprint density at radius 3 is 2.82 bits per heavy atom. The second-order valence-corrected chi connectivity index (χ2v) is 3.97. The average molecular weight is 223 g/mol. The molecule has 0 bridgehead atoms. The maximum absolute atomic E-state index is 10.9. The van der Waals surface area contributed by atoms with Gasteiger partial charge in [-0.15, -0.1) is 0 Å². The summed E-state index contributed by atoms with van der Waals surface area (Å²) >= 11 is 0. The molecule has 17 heavy (non-hydrogen) atoms. The lowest BCUT2D eigenvalue weighted by Crippen LogP contribution is -2.25. The van der Waals surface area contributed by atoms with Crippen molar-refractivity contribution in [1.29, 1.82) is 0 Å². The number of carbonyl (C=O) groups is 1.